The number of rotatable bonds is 7. The molecular weight excluding hydrogens is 490 g/mol. The number of para-hydroxylation sites is 2. The minimum Gasteiger partial charge on any atom is -0.494 e. The van der Waals surface area contributed by atoms with Crippen LogP contribution in [0, 0.1) is 11.8 Å². The van der Waals surface area contributed by atoms with E-state index in [0.717, 1.165) is 23.3 Å². The highest BCUT2D eigenvalue weighted by atomic mass is 16.5. The molecule has 2 aliphatic rings. The van der Waals surface area contributed by atoms with Crippen molar-refractivity contribution in [2.45, 2.75) is 44.7 Å². The summed E-state index contributed by atoms with van der Waals surface area (Å²) >= 11 is 0. The Bertz CT molecular complexity index is 1520. The van der Waals surface area contributed by atoms with Gasteiger partial charge in [-0.05, 0) is 42.7 Å². The van der Waals surface area contributed by atoms with Crippen molar-refractivity contribution < 1.29 is 19.1 Å². The van der Waals surface area contributed by atoms with Crippen LogP contribution in [0.3, 0.4) is 0 Å². The second-order valence-corrected chi connectivity index (χ2v) is 10.5. The Hall–Kier alpha value is -4.10. The van der Waals surface area contributed by atoms with Gasteiger partial charge in [-0.1, -0.05) is 68.8 Å². The van der Waals surface area contributed by atoms with Crippen molar-refractivity contribution in [3.8, 4) is 5.75 Å². The van der Waals surface area contributed by atoms with Gasteiger partial charge < -0.3 is 9.72 Å². The van der Waals surface area contributed by atoms with E-state index in [0.29, 0.717) is 23.3 Å². The molecule has 1 aromatic heterocycles. The van der Waals surface area contributed by atoms with E-state index in [-0.39, 0.29) is 35.1 Å². The van der Waals surface area contributed by atoms with Gasteiger partial charge in [-0.15, -0.1) is 0 Å². The first kappa shape index (κ1) is 25.2. The van der Waals surface area contributed by atoms with E-state index >= 15 is 0 Å². The van der Waals surface area contributed by atoms with Crippen molar-refractivity contribution in [3.05, 3.63) is 95.3 Å². The van der Waals surface area contributed by atoms with Crippen LogP contribution in [-0.4, -0.2) is 45.5 Å². The zero-order chi connectivity index (χ0) is 27.3. The fourth-order valence-corrected chi connectivity index (χ4v) is 6.42. The van der Waals surface area contributed by atoms with Crippen LogP contribution in [0.4, 0.5) is 0 Å². The van der Waals surface area contributed by atoms with E-state index in [2.05, 4.69) is 29.1 Å². The van der Waals surface area contributed by atoms with E-state index in [1.807, 2.05) is 55.5 Å². The second kappa shape index (κ2) is 9.58. The molecule has 0 radical (unpaired) electrons. The van der Waals surface area contributed by atoms with E-state index < -0.39 is 17.4 Å². The number of imidazole rings is 1. The molecule has 0 bridgehead atoms. The van der Waals surface area contributed by atoms with Gasteiger partial charge in [0, 0.05) is 23.1 Å². The van der Waals surface area contributed by atoms with Crippen LogP contribution < -0.4 is 10.1 Å². The van der Waals surface area contributed by atoms with E-state index in [1.54, 1.807) is 24.3 Å². The van der Waals surface area contributed by atoms with Crippen LogP contribution in [0.15, 0.2) is 72.8 Å². The number of H-pyrrole nitrogens is 1. The molecule has 0 amide bonds. The molecule has 6 rings (SSSR count). The lowest BCUT2D eigenvalue weighted by Gasteiger charge is -2.29. The number of hydrogen-bond acceptors (Lipinski definition) is 6. The first-order valence-corrected chi connectivity index (χ1v) is 13.6. The Balaban J connectivity index is 1.56. The molecule has 4 aromatic rings. The van der Waals surface area contributed by atoms with Gasteiger partial charge in [-0.25, -0.2) is 4.98 Å². The number of hydrogen-bond donors (Lipinski definition) is 2. The Morgan fingerprint density at radius 2 is 1.59 bits per heavy atom. The maximum Gasteiger partial charge on any atom is 0.204 e. The lowest BCUT2D eigenvalue weighted by molar-refractivity contribution is 0.0652. The molecule has 1 fully saturated rings. The Morgan fingerprint density at radius 3 is 2.21 bits per heavy atom. The number of benzene rings is 3. The Morgan fingerprint density at radius 1 is 0.949 bits per heavy atom. The zero-order valence-electron chi connectivity index (χ0n) is 22.2. The number of carbonyl (C=O) groups is 3. The van der Waals surface area contributed by atoms with Crippen molar-refractivity contribution in [1.82, 2.24) is 15.3 Å². The molecule has 1 aliphatic carbocycles. The maximum atomic E-state index is 14.6. The number of aromatic nitrogens is 2. The van der Waals surface area contributed by atoms with Crippen LogP contribution in [0.2, 0.25) is 0 Å². The lowest BCUT2D eigenvalue weighted by atomic mass is 9.69. The second-order valence-electron chi connectivity index (χ2n) is 10.5. The minimum atomic E-state index is -1.71. The molecule has 39 heavy (non-hydrogen) atoms. The van der Waals surface area contributed by atoms with Crippen LogP contribution >= 0.6 is 0 Å². The molecule has 198 valence electrons. The Kier molecular flexibility index (Phi) is 6.19. The first-order valence-electron chi connectivity index (χ1n) is 13.6. The predicted octanol–water partition coefficient (Wildman–Crippen LogP) is 5.38. The van der Waals surface area contributed by atoms with E-state index in [1.165, 1.54) is 0 Å². The fourth-order valence-electron chi connectivity index (χ4n) is 6.42. The highest BCUT2D eigenvalue weighted by molar-refractivity contribution is 6.35. The summed E-state index contributed by atoms with van der Waals surface area (Å²) in [6.45, 7) is 6.64. The van der Waals surface area contributed by atoms with Gasteiger partial charge in [0.05, 0.1) is 23.6 Å². The number of Topliss-reactive ketones (excluding diaryl/α,β-unsaturated/α-hetero) is 3. The van der Waals surface area contributed by atoms with Crippen LogP contribution in [0.5, 0.6) is 5.75 Å². The molecule has 3 aromatic carbocycles. The summed E-state index contributed by atoms with van der Waals surface area (Å²) in [5.74, 6) is -1.53. The van der Waals surface area contributed by atoms with Gasteiger partial charge in [-0.3, -0.25) is 19.7 Å². The summed E-state index contributed by atoms with van der Waals surface area (Å²) in [5, 5.41) is 3.49. The van der Waals surface area contributed by atoms with Crippen molar-refractivity contribution in [2.24, 2.45) is 11.8 Å². The van der Waals surface area contributed by atoms with Crippen molar-refractivity contribution >= 4 is 28.4 Å². The fraction of sp³-hybridized carbons (Fsp3) is 0.312. The quantitative estimate of drug-likeness (QED) is 0.250. The molecule has 4 atom stereocenters. The summed E-state index contributed by atoms with van der Waals surface area (Å²) in [7, 11) is 0. The highest BCUT2D eigenvalue weighted by Crippen LogP contribution is 2.51. The average molecular weight is 522 g/mol. The van der Waals surface area contributed by atoms with Crippen LogP contribution in [0.1, 0.15) is 70.0 Å². The third kappa shape index (κ3) is 3.75. The van der Waals surface area contributed by atoms with Crippen molar-refractivity contribution in [3.63, 3.8) is 0 Å². The molecule has 0 saturated carbocycles. The van der Waals surface area contributed by atoms with Gasteiger partial charge >= 0.3 is 0 Å². The topological polar surface area (TPSA) is 101 Å². The largest absolute Gasteiger partial charge is 0.494 e. The molecule has 7 heteroatoms. The van der Waals surface area contributed by atoms with Crippen molar-refractivity contribution in [1.29, 1.82) is 0 Å². The average Bonchev–Trinajstić information content (AvgIpc) is 3.62. The molecular formula is C32H31N3O4. The molecule has 4 unspecified atom stereocenters. The van der Waals surface area contributed by atoms with Gasteiger partial charge in [0.25, 0.3) is 0 Å². The molecule has 7 nitrogen and oxygen atoms in total. The molecule has 2 heterocycles. The van der Waals surface area contributed by atoms with Crippen LogP contribution in [-0.2, 0) is 0 Å². The SMILES string of the molecule is CCOc1ccc(C2C(C(C)CC)NC3(C(=O)c4ccccc4C3=O)C2C(=O)c2nc3ccccc3[nH]2)cc1. The summed E-state index contributed by atoms with van der Waals surface area (Å²) in [4.78, 5) is 50.8. The molecule has 2 N–H and O–H groups in total. The van der Waals surface area contributed by atoms with Gasteiger partial charge in [-0.2, -0.15) is 0 Å². The summed E-state index contributed by atoms with van der Waals surface area (Å²) < 4.78 is 5.66. The number of ketones is 3. The van der Waals surface area contributed by atoms with Gasteiger partial charge in [0.1, 0.15) is 5.75 Å². The highest BCUT2D eigenvalue weighted by Gasteiger charge is 2.68. The number of nitrogens with zero attached hydrogens (tertiary/aromatic N) is 1. The summed E-state index contributed by atoms with van der Waals surface area (Å²) in [6.07, 6.45) is 0.808. The van der Waals surface area contributed by atoms with Crippen LogP contribution in [0.25, 0.3) is 11.0 Å². The predicted molar refractivity (Wildman–Crippen MR) is 148 cm³/mol. The number of fused-ring (bicyclic) bond motifs is 2. The number of nitrogens with one attached hydrogen (secondary N) is 2. The van der Waals surface area contributed by atoms with E-state index in [4.69, 9.17) is 4.74 Å². The Labute approximate surface area is 227 Å². The number of ether oxygens (including phenoxy) is 1. The normalized spacial score (nSPS) is 22.4. The third-order valence-corrected chi connectivity index (χ3v) is 8.48. The van der Waals surface area contributed by atoms with Crippen molar-refractivity contribution in [2.75, 3.05) is 6.61 Å². The third-order valence-electron chi connectivity index (χ3n) is 8.48. The van der Waals surface area contributed by atoms with E-state index in [9.17, 15) is 14.4 Å². The first-order chi connectivity index (χ1) is 18.9. The molecule has 1 aliphatic heterocycles. The standard InChI is InChI=1S/C32H31N3O4/c1-4-18(3)27-25(19-14-16-20(17-15-19)39-5-2)26(28(36)31-33-23-12-8-9-13-24(23)34-31)32(35-27)29(37)21-10-6-7-11-22(21)30(32)38/h6-18,25-27,35H,4-5H2,1-3H3,(H,33,34). The monoisotopic (exact) mass is 521 g/mol. The molecule has 1 saturated heterocycles. The number of aromatic amines is 1. The summed E-state index contributed by atoms with van der Waals surface area (Å²) in [6, 6.07) is 21.6. The number of carbonyl (C=O) groups excluding carboxylic acids is 3. The lowest BCUT2D eigenvalue weighted by Crippen LogP contribution is -2.58. The summed E-state index contributed by atoms with van der Waals surface area (Å²) in [5.41, 5.74) is 1.25. The van der Waals surface area contributed by atoms with Gasteiger partial charge in [0.2, 0.25) is 5.78 Å². The smallest absolute Gasteiger partial charge is 0.204 e. The zero-order valence-corrected chi connectivity index (χ0v) is 22.2. The minimum absolute atomic E-state index is 0.0798. The molecule has 1 spiro atoms. The van der Waals surface area contributed by atoms with Gasteiger partial charge in [0.15, 0.2) is 22.9 Å². The maximum absolute atomic E-state index is 14.6.